The molecule has 24 heavy (non-hydrogen) atoms. The predicted molar refractivity (Wildman–Crippen MR) is 95.4 cm³/mol. The summed E-state index contributed by atoms with van der Waals surface area (Å²) in [4.78, 5) is 6.20. The summed E-state index contributed by atoms with van der Waals surface area (Å²) in [7, 11) is 0. The van der Waals surface area contributed by atoms with E-state index in [-0.39, 0.29) is 30.3 Å². The molecule has 0 aromatic heterocycles. The Morgan fingerprint density at radius 1 is 1.38 bits per heavy atom. The molecule has 6 nitrogen and oxygen atoms in total. The summed E-state index contributed by atoms with van der Waals surface area (Å²) in [6.45, 7) is 14.4. The average Bonchev–Trinajstić information content (AvgIpc) is 2.77. The first kappa shape index (κ1) is 19.0. The van der Waals surface area contributed by atoms with Crippen LogP contribution in [0.5, 0.6) is 0 Å². The van der Waals surface area contributed by atoms with Crippen LogP contribution in [0.1, 0.15) is 41.0 Å². The van der Waals surface area contributed by atoms with Gasteiger partial charge in [0.2, 0.25) is 0 Å². The van der Waals surface area contributed by atoms with Crippen LogP contribution in [0, 0.1) is 5.92 Å². The maximum atomic E-state index is 10.9. The second-order valence-corrected chi connectivity index (χ2v) is 7.22. The Morgan fingerprint density at radius 2 is 2.04 bits per heavy atom. The third-order valence-corrected chi connectivity index (χ3v) is 4.45. The Balaban J connectivity index is 2.18. The fraction of sp³-hybridized carbons (Fsp3) is 0.722. The topological polar surface area (TPSA) is 80.3 Å². The molecule has 0 bridgehead atoms. The van der Waals surface area contributed by atoms with Crippen molar-refractivity contribution in [2.24, 2.45) is 16.6 Å². The van der Waals surface area contributed by atoms with Gasteiger partial charge in [0, 0.05) is 17.7 Å². The van der Waals surface area contributed by atoms with Crippen molar-refractivity contribution < 1.29 is 14.6 Å². The van der Waals surface area contributed by atoms with Crippen molar-refractivity contribution in [3.05, 3.63) is 24.2 Å². The molecule has 136 valence electrons. The standard InChI is InChI=1S/C18H31N3O3/c1-10(2)23-9-14-7-15(16(22)17(14)24-11(3)4)21-8-12(5)18(19)20-13(21)6/h8,10-11,14-17,22H,6-7,9H2,1-5H3,(H2,19,20)/t14-,15-,16-,17?/m1/s1. The van der Waals surface area contributed by atoms with Crippen LogP contribution in [0.15, 0.2) is 29.2 Å². The van der Waals surface area contributed by atoms with E-state index in [1.54, 1.807) is 0 Å². The molecule has 6 heteroatoms. The molecule has 0 aromatic rings. The van der Waals surface area contributed by atoms with Crippen LogP contribution in [-0.4, -0.2) is 52.9 Å². The maximum Gasteiger partial charge on any atom is 0.130 e. The third kappa shape index (κ3) is 4.18. The maximum absolute atomic E-state index is 10.9. The van der Waals surface area contributed by atoms with Crippen molar-refractivity contribution in [2.75, 3.05) is 6.61 Å². The summed E-state index contributed by atoms with van der Waals surface area (Å²) in [5, 5.41) is 10.9. The van der Waals surface area contributed by atoms with Crippen molar-refractivity contribution in [1.82, 2.24) is 4.90 Å². The van der Waals surface area contributed by atoms with E-state index in [1.807, 2.05) is 45.7 Å². The van der Waals surface area contributed by atoms with Crippen molar-refractivity contribution in [2.45, 2.75) is 71.5 Å². The molecular weight excluding hydrogens is 306 g/mol. The van der Waals surface area contributed by atoms with Gasteiger partial charge in [-0.2, -0.15) is 0 Å². The smallest absolute Gasteiger partial charge is 0.130 e. The van der Waals surface area contributed by atoms with Gasteiger partial charge in [0.15, 0.2) is 0 Å². The minimum absolute atomic E-state index is 0.0421. The Morgan fingerprint density at radius 3 is 2.62 bits per heavy atom. The number of nitrogens with zero attached hydrogens (tertiary/aromatic N) is 2. The van der Waals surface area contributed by atoms with Gasteiger partial charge >= 0.3 is 0 Å². The molecule has 1 saturated carbocycles. The van der Waals surface area contributed by atoms with Gasteiger partial charge in [-0.15, -0.1) is 0 Å². The van der Waals surface area contributed by atoms with Gasteiger partial charge in [-0.1, -0.05) is 6.58 Å². The van der Waals surface area contributed by atoms with Gasteiger partial charge in [-0.3, -0.25) is 0 Å². The lowest BCUT2D eigenvalue weighted by Crippen LogP contribution is -2.43. The highest BCUT2D eigenvalue weighted by atomic mass is 16.5. The summed E-state index contributed by atoms with van der Waals surface area (Å²) in [5.74, 6) is 1.15. The molecule has 2 aliphatic rings. The number of nitrogens with two attached hydrogens (primary N) is 1. The molecule has 4 atom stereocenters. The summed E-state index contributed by atoms with van der Waals surface area (Å²) >= 11 is 0. The molecule has 2 rings (SSSR count). The highest BCUT2D eigenvalue weighted by molar-refractivity contribution is 5.97. The minimum atomic E-state index is -0.636. The summed E-state index contributed by atoms with van der Waals surface area (Å²) in [5.41, 5.74) is 6.73. The molecule has 1 fully saturated rings. The van der Waals surface area contributed by atoms with E-state index >= 15 is 0 Å². The zero-order valence-corrected chi connectivity index (χ0v) is 15.4. The quantitative estimate of drug-likeness (QED) is 0.775. The van der Waals surface area contributed by atoms with E-state index in [1.165, 1.54) is 0 Å². The number of aliphatic hydroxyl groups is 1. The number of hydrogen-bond acceptors (Lipinski definition) is 6. The normalized spacial score (nSPS) is 31.0. The fourth-order valence-corrected chi connectivity index (χ4v) is 3.27. The predicted octanol–water partition coefficient (Wildman–Crippen LogP) is 2.00. The van der Waals surface area contributed by atoms with Crippen LogP contribution in [0.4, 0.5) is 0 Å². The number of hydrogen-bond donors (Lipinski definition) is 2. The number of ether oxygens (including phenoxy) is 2. The molecule has 0 saturated heterocycles. The first-order valence-corrected chi connectivity index (χ1v) is 8.66. The van der Waals surface area contributed by atoms with E-state index in [2.05, 4.69) is 11.6 Å². The van der Waals surface area contributed by atoms with Crippen molar-refractivity contribution in [3.8, 4) is 0 Å². The molecule has 1 unspecified atom stereocenters. The molecule has 1 heterocycles. The third-order valence-electron chi connectivity index (χ3n) is 4.45. The van der Waals surface area contributed by atoms with Crippen LogP contribution in [0.25, 0.3) is 0 Å². The lowest BCUT2D eigenvalue weighted by atomic mass is 10.1. The Hall–Kier alpha value is -1.37. The van der Waals surface area contributed by atoms with E-state index in [4.69, 9.17) is 15.2 Å². The second kappa shape index (κ2) is 7.68. The first-order valence-electron chi connectivity index (χ1n) is 8.66. The van der Waals surface area contributed by atoms with Crippen LogP contribution < -0.4 is 5.73 Å². The lowest BCUT2D eigenvalue weighted by Gasteiger charge is -2.33. The number of rotatable bonds is 6. The number of amidine groups is 1. The van der Waals surface area contributed by atoms with Crippen molar-refractivity contribution >= 4 is 5.84 Å². The zero-order chi connectivity index (χ0) is 18.0. The highest BCUT2D eigenvalue weighted by Crippen LogP contribution is 2.36. The zero-order valence-electron chi connectivity index (χ0n) is 15.4. The number of aliphatic hydroxyl groups excluding tert-OH is 1. The largest absolute Gasteiger partial charge is 0.388 e. The average molecular weight is 337 g/mol. The van der Waals surface area contributed by atoms with Gasteiger partial charge in [0.25, 0.3) is 0 Å². The Kier molecular flexibility index (Phi) is 6.06. The summed E-state index contributed by atoms with van der Waals surface area (Å²) < 4.78 is 11.8. The van der Waals surface area contributed by atoms with E-state index in [0.29, 0.717) is 18.3 Å². The SMILES string of the molecule is C=C1N=C(N)C(C)=CN1[C@@H]1C[C@H](COC(C)C)C(OC(C)C)[C@@H]1O. The lowest BCUT2D eigenvalue weighted by molar-refractivity contribution is -0.0914. The molecule has 0 aromatic carbocycles. The fourth-order valence-electron chi connectivity index (χ4n) is 3.27. The van der Waals surface area contributed by atoms with E-state index in [0.717, 1.165) is 12.0 Å². The van der Waals surface area contributed by atoms with E-state index in [9.17, 15) is 5.11 Å². The van der Waals surface area contributed by atoms with Gasteiger partial charge in [-0.25, -0.2) is 4.99 Å². The van der Waals surface area contributed by atoms with Crippen LogP contribution in [-0.2, 0) is 9.47 Å². The van der Waals surface area contributed by atoms with Gasteiger partial charge < -0.3 is 25.2 Å². The first-order chi connectivity index (χ1) is 11.2. The molecule has 1 aliphatic heterocycles. The van der Waals surface area contributed by atoms with E-state index < -0.39 is 6.10 Å². The summed E-state index contributed by atoms with van der Waals surface area (Å²) in [6, 6.07) is -0.145. The van der Waals surface area contributed by atoms with Gasteiger partial charge in [0.1, 0.15) is 17.8 Å². The molecule has 0 radical (unpaired) electrons. The van der Waals surface area contributed by atoms with Crippen molar-refractivity contribution in [3.63, 3.8) is 0 Å². The molecule has 0 amide bonds. The Labute approximate surface area is 145 Å². The molecular formula is C18H31N3O3. The van der Waals surface area contributed by atoms with Crippen LogP contribution in [0.2, 0.25) is 0 Å². The van der Waals surface area contributed by atoms with Crippen LogP contribution >= 0.6 is 0 Å². The highest BCUT2D eigenvalue weighted by Gasteiger charge is 2.46. The monoisotopic (exact) mass is 337 g/mol. The number of aliphatic imine (C=N–C) groups is 1. The van der Waals surface area contributed by atoms with Crippen molar-refractivity contribution in [1.29, 1.82) is 0 Å². The van der Waals surface area contributed by atoms with Gasteiger partial charge in [-0.05, 0) is 41.0 Å². The van der Waals surface area contributed by atoms with Gasteiger partial charge in [0.05, 0.1) is 31.0 Å². The Bertz CT molecular complexity index is 528. The second-order valence-electron chi connectivity index (χ2n) is 7.22. The summed E-state index contributed by atoms with van der Waals surface area (Å²) in [6.07, 6.45) is 1.96. The minimum Gasteiger partial charge on any atom is -0.388 e. The van der Waals surface area contributed by atoms with Crippen LogP contribution in [0.3, 0.4) is 0 Å². The molecule has 0 spiro atoms. The molecule has 1 aliphatic carbocycles. The molecule has 3 N–H and O–H groups in total.